The van der Waals surface area contributed by atoms with E-state index < -0.39 is 0 Å². The highest BCUT2D eigenvalue weighted by atomic mass is 16.5. The van der Waals surface area contributed by atoms with Crippen LogP contribution in [0.2, 0.25) is 0 Å². The van der Waals surface area contributed by atoms with Crippen molar-refractivity contribution in [3.63, 3.8) is 0 Å². The van der Waals surface area contributed by atoms with Gasteiger partial charge in [-0.2, -0.15) is 0 Å². The predicted octanol–water partition coefficient (Wildman–Crippen LogP) is 3.57. The summed E-state index contributed by atoms with van der Waals surface area (Å²) in [5.74, 6) is 1.44. The van der Waals surface area contributed by atoms with Crippen molar-refractivity contribution >= 4 is 0 Å². The fourth-order valence-electron chi connectivity index (χ4n) is 2.64. The van der Waals surface area contributed by atoms with E-state index in [4.69, 9.17) is 4.74 Å². The lowest BCUT2D eigenvalue weighted by molar-refractivity contribution is 0.0680. The summed E-state index contributed by atoms with van der Waals surface area (Å²) in [6.45, 7) is 4.98. The van der Waals surface area contributed by atoms with Crippen molar-refractivity contribution in [1.29, 1.82) is 0 Å². The summed E-state index contributed by atoms with van der Waals surface area (Å²) in [5.41, 5.74) is 2.66. The fourth-order valence-corrected chi connectivity index (χ4v) is 2.64. The molecule has 0 saturated heterocycles. The highest BCUT2D eigenvalue weighted by molar-refractivity contribution is 5.22. The second-order valence-electron chi connectivity index (χ2n) is 5.87. The number of hydrogen-bond acceptors (Lipinski definition) is 2. The van der Waals surface area contributed by atoms with E-state index in [1.54, 1.807) is 0 Å². The first kappa shape index (κ1) is 15.3. The average molecular weight is 273 g/mol. The summed E-state index contributed by atoms with van der Waals surface area (Å²) >= 11 is 0. The third-order valence-corrected chi connectivity index (χ3v) is 4.21. The first-order valence-corrected chi connectivity index (χ1v) is 7.74. The Morgan fingerprint density at radius 2 is 1.80 bits per heavy atom. The third-order valence-electron chi connectivity index (χ3n) is 4.21. The van der Waals surface area contributed by atoms with Crippen LogP contribution in [-0.2, 0) is 17.8 Å². The lowest BCUT2D eigenvalue weighted by Gasteiger charge is -2.24. The first-order valence-electron chi connectivity index (χ1n) is 7.74. The fraction of sp³-hybridized carbons (Fsp3) is 0.556. The van der Waals surface area contributed by atoms with Crippen molar-refractivity contribution in [2.45, 2.75) is 32.8 Å². The maximum Gasteiger partial charge on any atom is 0.0717 e. The number of hydrogen-bond donors (Lipinski definition) is 1. The SMILES string of the molecule is CNCCc1ccc(COCC2CC=CCC2C)cc1. The Kier molecular flexibility index (Phi) is 6.28. The van der Waals surface area contributed by atoms with E-state index in [0.717, 1.165) is 32.1 Å². The molecule has 0 aliphatic heterocycles. The van der Waals surface area contributed by atoms with Crippen LogP contribution in [0.15, 0.2) is 36.4 Å². The van der Waals surface area contributed by atoms with E-state index in [9.17, 15) is 0 Å². The zero-order chi connectivity index (χ0) is 14.2. The minimum Gasteiger partial charge on any atom is -0.376 e. The molecule has 2 nitrogen and oxygen atoms in total. The van der Waals surface area contributed by atoms with Gasteiger partial charge < -0.3 is 10.1 Å². The van der Waals surface area contributed by atoms with Gasteiger partial charge in [-0.05, 0) is 55.8 Å². The zero-order valence-corrected chi connectivity index (χ0v) is 12.8. The first-order chi connectivity index (χ1) is 9.79. The van der Waals surface area contributed by atoms with Gasteiger partial charge in [0.2, 0.25) is 0 Å². The maximum atomic E-state index is 5.90. The summed E-state index contributed by atoms with van der Waals surface area (Å²) in [6.07, 6.45) is 8.05. The van der Waals surface area contributed by atoms with Gasteiger partial charge in [0.25, 0.3) is 0 Å². The number of benzene rings is 1. The highest BCUT2D eigenvalue weighted by Gasteiger charge is 2.18. The molecule has 0 spiro atoms. The van der Waals surface area contributed by atoms with Crippen molar-refractivity contribution in [1.82, 2.24) is 5.32 Å². The van der Waals surface area contributed by atoms with Crippen LogP contribution in [0.25, 0.3) is 0 Å². The van der Waals surface area contributed by atoms with Crippen LogP contribution >= 0.6 is 0 Å². The Hall–Kier alpha value is -1.12. The molecule has 1 aromatic rings. The topological polar surface area (TPSA) is 21.3 Å². The molecule has 1 aliphatic rings. The molecule has 0 heterocycles. The molecule has 110 valence electrons. The van der Waals surface area contributed by atoms with E-state index in [1.807, 2.05) is 7.05 Å². The van der Waals surface area contributed by atoms with E-state index in [1.165, 1.54) is 24.0 Å². The molecule has 0 fully saturated rings. The van der Waals surface area contributed by atoms with Crippen LogP contribution in [-0.4, -0.2) is 20.2 Å². The molecule has 1 N–H and O–H groups in total. The molecule has 0 radical (unpaired) electrons. The van der Waals surface area contributed by atoms with Gasteiger partial charge in [0.1, 0.15) is 0 Å². The highest BCUT2D eigenvalue weighted by Crippen LogP contribution is 2.25. The van der Waals surface area contributed by atoms with Crippen LogP contribution < -0.4 is 5.32 Å². The number of likely N-dealkylation sites (N-methyl/N-ethyl adjacent to an activating group) is 1. The van der Waals surface area contributed by atoms with Gasteiger partial charge in [-0.15, -0.1) is 0 Å². The second kappa shape index (κ2) is 8.23. The predicted molar refractivity (Wildman–Crippen MR) is 84.8 cm³/mol. The smallest absolute Gasteiger partial charge is 0.0717 e. The Labute approximate surface area is 123 Å². The molecule has 0 bridgehead atoms. The Balaban J connectivity index is 1.72. The van der Waals surface area contributed by atoms with Gasteiger partial charge in [0.15, 0.2) is 0 Å². The van der Waals surface area contributed by atoms with Gasteiger partial charge in [0.05, 0.1) is 13.2 Å². The standard InChI is InChI=1S/C18H27NO/c1-15-5-3-4-6-18(15)14-20-13-17-9-7-16(8-10-17)11-12-19-2/h3-4,7-10,15,18-19H,5-6,11-14H2,1-2H3. The van der Waals surface area contributed by atoms with E-state index >= 15 is 0 Å². The summed E-state index contributed by atoms with van der Waals surface area (Å²) in [7, 11) is 1.99. The number of nitrogens with one attached hydrogen (secondary N) is 1. The van der Waals surface area contributed by atoms with E-state index in [-0.39, 0.29) is 0 Å². The Morgan fingerprint density at radius 3 is 2.50 bits per heavy atom. The molecule has 2 heteroatoms. The summed E-state index contributed by atoms with van der Waals surface area (Å²) < 4.78 is 5.90. The van der Waals surface area contributed by atoms with Crippen molar-refractivity contribution in [2.24, 2.45) is 11.8 Å². The molecule has 2 unspecified atom stereocenters. The lowest BCUT2D eigenvalue weighted by Crippen LogP contribution is -2.19. The van der Waals surface area contributed by atoms with Crippen LogP contribution in [0.1, 0.15) is 30.9 Å². The van der Waals surface area contributed by atoms with Crippen LogP contribution in [0, 0.1) is 11.8 Å². The van der Waals surface area contributed by atoms with Crippen molar-refractivity contribution in [3.8, 4) is 0 Å². The second-order valence-corrected chi connectivity index (χ2v) is 5.87. The molecule has 2 rings (SSSR count). The van der Waals surface area contributed by atoms with Crippen LogP contribution in [0.4, 0.5) is 0 Å². The minimum atomic E-state index is 0.690. The number of rotatable bonds is 7. The van der Waals surface area contributed by atoms with Crippen LogP contribution in [0.3, 0.4) is 0 Å². The lowest BCUT2D eigenvalue weighted by atomic mass is 9.85. The summed E-state index contributed by atoms with van der Waals surface area (Å²) in [5, 5.41) is 3.18. The zero-order valence-electron chi connectivity index (χ0n) is 12.8. The molecule has 2 atom stereocenters. The molecule has 20 heavy (non-hydrogen) atoms. The van der Waals surface area contributed by atoms with Crippen molar-refractivity contribution in [3.05, 3.63) is 47.5 Å². The maximum absolute atomic E-state index is 5.90. The summed E-state index contributed by atoms with van der Waals surface area (Å²) in [6, 6.07) is 8.80. The van der Waals surface area contributed by atoms with Gasteiger partial charge in [-0.25, -0.2) is 0 Å². The quantitative estimate of drug-likeness (QED) is 0.767. The molecular weight excluding hydrogens is 246 g/mol. The Bertz CT molecular complexity index is 410. The summed E-state index contributed by atoms with van der Waals surface area (Å²) in [4.78, 5) is 0. The Morgan fingerprint density at radius 1 is 1.10 bits per heavy atom. The van der Waals surface area contributed by atoms with Gasteiger partial charge in [0, 0.05) is 0 Å². The van der Waals surface area contributed by atoms with Gasteiger partial charge >= 0.3 is 0 Å². The molecule has 0 saturated carbocycles. The van der Waals surface area contributed by atoms with E-state index in [2.05, 4.69) is 48.7 Å². The number of ether oxygens (including phenoxy) is 1. The third kappa shape index (κ3) is 4.77. The van der Waals surface area contributed by atoms with Gasteiger partial charge in [-0.1, -0.05) is 43.3 Å². The van der Waals surface area contributed by atoms with Gasteiger partial charge in [-0.3, -0.25) is 0 Å². The van der Waals surface area contributed by atoms with Crippen LogP contribution in [0.5, 0.6) is 0 Å². The minimum absolute atomic E-state index is 0.690. The molecular formula is C18H27NO. The molecule has 1 aromatic carbocycles. The average Bonchev–Trinajstić information content (AvgIpc) is 2.48. The molecule has 1 aliphatic carbocycles. The largest absolute Gasteiger partial charge is 0.376 e. The molecule has 0 aromatic heterocycles. The van der Waals surface area contributed by atoms with Crippen molar-refractivity contribution in [2.75, 3.05) is 20.2 Å². The normalized spacial score (nSPS) is 22.1. The number of allylic oxidation sites excluding steroid dienone is 2. The van der Waals surface area contributed by atoms with Crippen molar-refractivity contribution < 1.29 is 4.74 Å². The molecule has 0 amide bonds. The van der Waals surface area contributed by atoms with E-state index in [0.29, 0.717) is 5.92 Å². The monoisotopic (exact) mass is 273 g/mol.